The van der Waals surface area contributed by atoms with Crippen LogP contribution < -0.4 is 5.63 Å². The predicted octanol–water partition coefficient (Wildman–Crippen LogP) is 3.80. The van der Waals surface area contributed by atoms with Crippen LogP contribution in [-0.4, -0.2) is 31.8 Å². The zero-order valence-corrected chi connectivity index (χ0v) is 18.8. The molecule has 2 aromatic carbocycles. The van der Waals surface area contributed by atoms with Gasteiger partial charge in [-0.25, -0.2) is 18.0 Å². The van der Waals surface area contributed by atoms with Crippen molar-refractivity contribution in [2.75, 3.05) is 13.1 Å². The molecule has 31 heavy (non-hydrogen) atoms. The van der Waals surface area contributed by atoms with Crippen LogP contribution in [0.25, 0.3) is 11.0 Å². The third-order valence-corrected chi connectivity index (χ3v) is 7.26. The van der Waals surface area contributed by atoms with E-state index < -0.39 is 21.6 Å². The van der Waals surface area contributed by atoms with Crippen LogP contribution in [0.15, 0.2) is 56.6 Å². The Kier molecular flexibility index (Phi) is 6.62. The molecule has 8 heteroatoms. The van der Waals surface area contributed by atoms with Crippen LogP contribution in [0.3, 0.4) is 0 Å². The highest BCUT2D eigenvalue weighted by Gasteiger charge is 2.23. The number of carbonyl (C=O) groups is 1. The van der Waals surface area contributed by atoms with Crippen LogP contribution >= 0.6 is 0 Å². The normalized spacial score (nSPS) is 11.8. The van der Waals surface area contributed by atoms with Gasteiger partial charge in [0.25, 0.3) is 0 Å². The molecule has 3 aromatic rings. The lowest BCUT2D eigenvalue weighted by Crippen LogP contribution is -2.30. The van der Waals surface area contributed by atoms with Gasteiger partial charge < -0.3 is 9.15 Å². The second-order valence-electron chi connectivity index (χ2n) is 7.22. The number of nitrogens with zero attached hydrogens (tertiary/aromatic N) is 1. The molecule has 0 bridgehead atoms. The van der Waals surface area contributed by atoms with E-state index in [-0.39, 0.29) is 17.1 Å². The third-order valence-electron chi connectivity index (χ3n) is 5.22. The first-order chi connectivity index (χ1) is 14.7. The van der Waals surface area contributed by atoms with E-state index in [0.717, 1.165) is 11.1 Å². The van der Waals surface area contributed by atoms with Gasteiger partial charge in [-0.1, -0.05) is 19.9 Å². The van der Waals surface area contributed by atoms with Crippen LogP contribution in [-0.2, 0) is 21.4 Å². The minimum atomic E-state index is -3.70. The SMILES string of the molecule is CCN(CC)S(=O)(=O)c1cccc(C(=O)OCc2cc(=O)oc3cc(C)c(C)cc23)c1. The molecule has 0 N–H and O–H groups in total. The second-order valence-corrected chi connectivity index (χ2v) is 9.15. The van der Waals surface area contributed by atoms with Crippen molar-refractivity contribution in [3.63, 3.8) is 0 Å². The van der Waals surface area contributed by atoms with E-state index in [0.29, 0.717) is 29.6 Å². The van der Waals surface area contributed by atoms with Crippen molar-refractivity contribution in [3.05, 3.63) is 75.1 Å². The number of rotatable bonds is 7. The smallest absolute Gasteiger partial charge is 0.338 e. The topological polar surface area (TPSA) is 93.9 Å². The summed E-state index contributed by atoms with van der Waals surface area (Å²) in [6.07, 6.45) is 0. The third kappa shape index (κ3) is 4.70. The minimum Gasteiger partial charge on any atom is -0.457 e. The Morgan fingerprint density at radius 1 is 1.03 bits per heavy atom. The van der Waals surface area contributed by atoms with Crippen molar-refractivity contribution in [1.82, 2.24) is 4.31 Å². The highest BCUT2D eigenvalue weighted by Crippen LogP contribution is 2.23. The van der Waals surface area contributed by atoms with Crippen LogP contribution in [0, 0.1) is 13.8 Å². The van der Waals surface area contributed by atoms with Crippen molar-refractivity contribution < 1.29 is 22.4 Å². The standard InChI is InChI=1S/C23H25NO6S/c1-5-24(6-2)31(27,28)19-9-7-8-17(12-19)23(26)29-14-18-13-22(25)30-21-11-16(4)15(3)10-20(18)21/h7-13H,5-6,14H2,1-4H3. The van der Waals surface area contributed by atoms with Gasteiger partial charge in [-0.3, -0.25) is 0 Å². The molecule has 1 aromatic heterocycles. The fourth-order valence-corrected chi connectivity index (χ4v) is 4.83. The Hall–Kier alpha value is -2.97. The van der Waals surface area contributed by atoms with E-state index in [1.807, 2.05) is 19.9 Å². The molecule has 0 saturated carbocycles. The van der Waals surface area contributed by atoms with Crippen molar-refractivity contribution in [3.8, 4) is 0 Å². The van der Waals surface area contributed by atoms with Crippen molar-refractivity contribution in [2.24, 2.45) is 0 Å². The molecule has 0 spiro atoms. The van der Waals surface area contributed by atoms with Crippen LogP contribution in [0.5, 0.6) is 0 Å². The Balaban J connectivity index is 1.87. The maximum Gasteiger partial charge on any atom is 0.338 e. The zero-order valence-electron chi connectivity index (χ0n) is 18.0. The number of hydrogen-bond donors (Lipinski definition) is 0. The summed E-state index contributed by atoms with van der Waals surface area (Å²) in [5.74, 6) is -0.679. The van der Waals surface area contributed by atoms with Crippen LogP contribution in [0.1, 0.15) is 40.9 Å². The van der Waals surface area contributed by atoms with Gasteiger partial charge in [-0.15, -0.1) is 0 Å². The zero-order chi connectivity index (χ0) is 22.8. The molecule has 0 fully saturated rings. The highest BCUT2D eigenvalue weighted by atomic mass is 32.2. The molecule has 0 aliphatic rings. The highest BCUT2D eigenvalue weighted by molar-refractivity contribution is 7.89. The number of benzene rings is 2. The number of ether oxygens (including phenoxy) is 1. The lowest BCUT2D eigenvalue weighted by atomic mass is 10.0. The molecule has 0 amide bonds. The van der Waals surface area contributed by atoms with E-state index in [1.54, 1.807) is 19.9 Å². The Morgan fingerprint density at radius 3 is 2.39 bits per heavy atom. The molecule has 0 atom stereocenters. The van der Waals surface area contributed by atoms with Crippen molar-refractivity contribution in [1.29, 1.82) is 0 Å². The summed E-state index contributed by atoms with van der Waals surface area (Å²) >= 11 is 0. The first-order valence-corrected chi connectivity index (χ1v) is 11.4. The molecule has 0 aliphatic carbocycles. The summed E-state index contributed by atoms with van der Waals surface area (Å²) in [6.45, 7) is 7.88. The average molecular weight is 444 g/mol. The van der Waals surface area contributed by atoms with E-state index in [4.69, 9.17) is 9.15 Å². The predicted molar refractivity (Wildman–Crippen MR) is 118 cm³/mol. The summed E-state index contributed by atoms with van der Waals surface area (Å²) in [4.78, 5) is 24.6. The lowest BCUT2D eigenvalue weighted by molar-refractivity contribution is 0.0473. The number of hydrogen-bond acceptors (Lipinski definition) is 6. The maximum absolute atomic E-state index is 12.7. The fraction of sp³-hybridized carbons (Fsp3) is 0.304. The molecular weight excluding hydrogens is 418 g/mol. The monoisotopic (exact) mass is 443 g/mol. The van der Waals surface area contributed by atoms with E-state index in [9.17, 15) is 18.0 Å². The molecule has 0 unspecified atom stereocenters. The Labute approximate surface area is 181 Å². The largest absolute Gasteiger partial charge is 0.457 e. The number of sulfonamides is 1. The van der Waals surface area contributed by atoms with Crippen LogP contribution in [0.4, 0.5) is 0 Å². The lowest BCUT2D eigenvalue weighted by Gasteiger charge is -2.18. The number of aryl methyl sites for hydroxylation is 2. The second kappa shape index (κ2) is 9.03. The summed E-state index contributed by atoms with van der Waals surface area (Å²) in [5.41, 5.74) is 2.53. The molecular formula is C23H25NO6S. The van der Waals surface area contributed by atoms with Gasteiger partial charge in [0.2, 0.25) is 10.0 Å². The Bertz CT molecular complexity index is 1290. The van der Waals surface area contributed by atoms with Gasteiger partial charge in [-0.05, 0) is 55.3 Å². The average Bonchev–Trinajstić information content (AvgIpc) is 2.73. The molecule has 0 saturated heterocycles. The minimum absolute atomic E-state index is 0.0301. The molecule has 0 radical (unpaired) electrons. The van der Waals surface area contributed by atoms with Crippen molar-refractivity contribution >= 4 is 27.0 Å². The van der Waals surface area contributed by atoms with Gasteiger partial charge in [-0.2, -0.15) is 4.31 Å². The first-order valence-electron chi connectivity index (χ1n) is 9.98. The summed E-state index contributed by atoms with van der Waals surface area (Å²) in [6, 6.07) is 10.7. The number of fused-ring (bicyclic) bond motifs is 1. The molecule has 7 nitrogen and oxygen atoms in total. The van der Waals surface area contributed by atoms with Gasteiger partial charge in [0, 0.05) is 30.1 Å². The quantitative estimate of drug-likeness (QED) is 0.407. The molecule has 0 aliphatic heterocycles. The number of carbonyl (C=O) groups excluding carboxylic acids is 1. The first kappa shape index (κ1) is 22.7. The van der Waals surface area contributed by atoms with Gasteiger partial charge in [0.15, 0.2) is 0 Å². The number of esters is 1. The van der Waals surface area contributed by atoms with Gasteiger partial charge >= 0.3 is 11.6 Å². The van der Waals surface area contributed by atoms with Gasteiger partial charge in [0.1, 0.15) is 12.2 Å². The van der Waals surface area contributed by atoms with Gasteiger partial charge in [0.05, 0.1) is 10.5 Å². The van der Waals surface area contributed by atoms with E-state index in [2.05, 4.69) is 0 Å². The van der Waals surface area contributed by atoms with E-state index in [1.165, 1.54) is 34.6 Å². The van der Waals surface area contributed by atoms with E-state index >= 15 is 0 Å². The maximum atomic E-state index is 12.7. The summed E-state index contributed by atoms with van der Waals surface area (Å²) in [7, 11) is -3.70. The van der Waals surface area contributed by atoms with Crippen molar-refractivity contribution in [2.45, 2.75) is 39.2 Å². The molecule has 164 valence electrons. The summed E-state index contributed by atoms with van der Waals surface area (Å²) < 4.78 is 37.4. The molecule has 3 rings (SSSR count). The Morgan fingerprint density at radius 2 is 1.71 bits per heavy atom. The van der Waals surface area contributed by atoms with Crippen LogP contribution in [0.2, 0.25) is 0 Å². The fourth-order valence-electron chi connectivity index (χ4n) is 3.33. The molecule has 1 heterocycles. The summed E-state index contributed by atoms with van der Waals surface area (Å²) in [5, 5.41) is 0.688.